The van der Waals surface area contributed by atoms with Crippen molar-refractivity contribution in [2.75, 3.05) is 19.6 Å². The molecular weight excluding hydrogens is 322 g/mol. The largest absolute Gasteiger partial charge is 0.316 e. The normalized spacial score (nSPS) is 18.1. The van der Waals surface area contributed by atoms with E-state index in [9.17, 15) is 0 Å². The molecule has 0 aromatic carbocycles. The number of thiazole rings is 1. The van der Waals surface area contributed by atoms with Crippen molar-refractivity contribution in [1.29, 1.82) is 0 Å². The summed E-state index contributed by atoms with van der Waals surface area (Å²) < 4.78 is 0. The first-order chi connectivity index (χ1) is 9.81. The summed E-state index contributed by atoms with van der Waals surface area (Å²) in [6.07, 6.45) is 1.31. The molecule has 1 aliphatic rings. The third-order valence-corrected chi connectivity index (χ3v) is 5.53. The maximum atomic E-state index is 4.38. The van der Waals surface area contributed by atoms with E-state index in [4.69, 9.17) is 0 Å². The Hall–Kier alpha value is -0.460. The molecule has 116 valence electrons. The fraction of sp³-hybridized carbons (Fsp3) is 0.533. The van der Waals surface area contributed by atoms with Gasteiger partial charge in [0.15, 0.2) is 0 Å². The Morgan fingerprint density at radius 2 is 2.33 bits per heavy atom. The number of aryl methyl sites for hydroxylation is 1. The molecule has 1 atom stereocenters. The van der Waals surface area contributed by atoms with Gasteiger partial charge in [-0.2, -0.15) is 11.3 Å². The second-order valence-electron chi connectivity index (χ2n) is 5.52. The molecule has 1 aliphatic heterocycles. The average molecular weight is 344 g/mol. The highest BCUT2D eigenvalue weighted by atomic mass is 35.5. The zero-order valence-corrected chi connectivity index (χ0v) is 14.7. The van der Waals surface area contributed by atoms with Gasteiger partial charge in [0, 0.05) is 24.5 Å². The summed E-state index contributed by atoms with van der Waals surface area (Å²) in [6, 6.07) is 2.24. The van der Waals surface area contributed by atoms with E-state index in [0.29, 0.717) is 0 Å². The van der Waals surface area contributed by atoms with E-state index in [1.54, 1.807) is 22.7 Å². The van der Waals surface area contributed by atoms with Gasteiger partial charge in [0.1, 0.15) is 0 Å². The molecule has 1 saturated heterocycles. The van der Waals surface area contributed by atoms with Crippen molar-refractivity contribution in [3.05, 3.63) is 38.5 Å². The molecule has 0 amide bonds. The van der Waals surface area contributed by atoms with E-state index in [-0.39, 0.29) is 12.4 Å². The van der Waals surface area contributed by atoms with Gasteiger partial charge in [0.2, 0.25) is 0 Å². The molecule has 0 spiro atoms. The Kier molecular flexibility index (Phi) is 6.64. The summed E-state index contributed by atoms with van der Waals surface area (Å²) in [5, 5.41) is 7.91. The number of thiophene rings is 1. The summed E-state index contributed by atoms with van der Waals surface area (Å²) in [6.45, 7) is 7.73. The minimum absolute atomic E-state index is 0. The fourth-order valence-electron chi connectivity index (χ4n) is 2.74. The zero-order chi connectivity index (χ0) is 13.8. The molecule has 3 nitrogen and oxygen atoms in total. The standard InChI is InChI=1S/C15H21N3S2.ClH/c1-12-15(20-11-17-12)9-18(7-13-2-4-16-6-13)8-14-3-5-19-10-14;/h3,5,10-11,13,16H,2,4,6-9H2,1H3;1H. The second-order valence-corrected chi connectivity index (χ2v) is 7.24. The molecule has 0 aliphatic carbocycles. The van der Waals surface area contributed by atoms with Crippen LogP contribution in [0.1, 0.15) is 22.6 Å². The van der Waals surface area contributed by atoms with E-state index >= 15 is 0 Å². The van der Waals surface area contributed by atoms with Crippen LogP contribution in [0.25, 0.3) is 0 Å². The van der Waals surface area contributed by atoms with E-state index in [1.165, 1.54) is 42.2 Å². The molecule has 1 N–H and O–H groups in total. The van der Waals surface area contributed by atoms with Crippen LogP contribution in [0.15, 0.2) is 22.3 Å². The van der Waals surface area contributed by atoms with E-state index in [0.717, 1.165) is 19.0 Å². The highest BCUT2D eigenvalue weighted by Gasteiger charge is 2.19. The monoisotopic (exact) mass is 343 g/mol. The summed E-state index contributed by atoms with van der Waals surface area (Å²) in [5.41, 5.74) is 4.59. The lowest BCUT2D eigenvalue weighted by Gasteiger charge is -2.24. The summed E-state index contributed by atoms with van der Waals surface area (Å²) in [4.78, 5) is 8.37. The van der Waals surface area contributed by atoms with Crippen LogP contribution in [0.2, 0.25) is 0 Å². The molecule has 6 heteroatoms. The van der Waals surface area contributed by atoms with Gasteiger partial charge < -0.3 is 5.32 Å². The van der Waals surface area contributed by atoms with Gasteiger partial charge in [-0.1, -0.05) is 0 Å². The van der Waals surface area contributed by atoms with Crippen LogP contribution in [0, 0.1) is 12.8 Å². The van der Waals surface area contributed by atoms with Crippen molar-refractivity contribution in [3.63, 3.8) is 0 Å². The first kappa shape index (κ1) is 16.9. The Balaban J connectivity index is 0.00000161. The first-order valence-corrected chi connectivity index (χ1v) is 8.96. The summed E-state index contributed by atoms with van der Waals surface area (Å²) in [7, 11) is 0. The van der Waals surface area contributed by atoms with Gasteiger partial charge in [-0.05, 0) is 54.7 Å². The van der Waals surface area contributed by atoms with Crippen LogP contribution in [-0.4, -0.2) is 29.5 Å². The molecule has 2 aromatic heterocycles. The number of rotatable bonds is 6. The average Bonchev–Trinajstić information content (AvgIpc) is 3.15. The van der Waals surface area contributed by atoms with E-state index < -0.39 is 0 Å². The predicted octanol–water partition coefficient (Wildman–Crippen LogP) is 3.55. The molecule has 3 heterocycles. The maximum absolute atomic E-state index is 4.38. The highest BCUT2D eigenvalue weighted by Crippen LogP contribution is 2.20. The minimum Gasteiger partial charge on any atom is -0.316 e. The number of hydrogen-bond acceptors (Lipinski definition) is 5. The summed E-state index contributed by atoms with van der Waals surface area (Å²) >= 11 is 3.57. The topological polar surface area (TPSA) is 28.2 Å². The molecular formula is C15H22ClN3S2. The van der Waals surface area contributed by atoms with Gasteiger partial charge in [0.25, 0.3) is 0 Å². The van der Waals surface area contributed by atoms with E-state index in [2.05, 4.69) is 39.0 Å². The number of hydrogen-bond donors (Lipinski definition) is 1. The summed E-state index contributed by atoms with van der Waals surface area (Å²) in [5.74, 6) is 0.793. The Morgan fingerprint density at radius 1 is 1.43 bits per heavy atom. The van der Waals surface area contributed by atoms with Gasteiger partial charge in [-0.3, -0.25) is 4.90 Å². The van der Waals surface area contributed by atoms with Crippen LogP contribution in [-0.2, 0) is 13.1 Å². The smallest absolute Gasteiger partial charge is 0.0798 e. The van der Waals surface area contributed by atoms with Crippen LogP contribution >= 0.6 is 35.1 Å². The number of aromatic nitrogens is 1. The highest BCUT2D eigenvalue weighted by molar-refractivity contribution is 7.09. The fourth-order valence-corrected chi connectivity index (χ4v) is 4.22. The van der Waals surface area contributed by atoms with E-state index in [1.807, 2.05) is 5.51 Å². The first-order valence-electron chi connectivity index (χ1n) is 7.14. The molecule has 1 fully saturated rings. The van der Waals surface area contributed by atoms with Crippen molar-refractivity contribution in [2.24, 2.45) is 5.92 Å². The Labute approximate surface area is 140 Å². The quantitative estimate of drug-likeness (QED) is 0.869. The lowest BCUT2D eigenvalue weighted by atomic mass is 10.1. The van der Waals surface area contributed by atoms with Crippen molar-refractivity contribution in [2.45, 2.75) is 26.4 Å². The zero-order valence-electron chi connectivity index (χ0n) is 12.2. The van der Waals surface area contributed by atoms with Crippen LogP contribution in [0.5, 0.6) is 0 Å². The lowest BCUT2D eigenvalue weighted by Crippen LogP contribution is -2.29. The van der Waals surface area contributed by atoms with Crippen LogP contribution in [0.4, 0.5) is 0 Å². The van der Waals surface area contributed by atoms with Crippen molar-refractivity contribution in [3.8, 4) is 0 Å². The molecule has 2 aromatic rings. The molecule has 0 saturated carbocycles. The van der Waals surface area contributed by atoms with Crippen LogP contribution < -0.4 is 5.32 Å². The molecule has 21 heavy (non-hydrogen) atoms. The van der Waals surface area contributed by atoms with Crippen LogP contribution in [0.3, 0.4) is 0 Å². The molecule has 0 radical (unpaired) electrons. The van der Waals surface area contributed by atoms with Crippen molar-refractivity contribution < 1.29 is 0 Å². The number of nitrogens with one attached hydrogen (secondary N) is 1. The molecule has 1 unspecified atom stereocenters. The van der Waals surface area contributed by atoms with Gasteiger partial charge in [-0.15, -0.1) is 23.7 Å². The van der Waals surface area contributed by atoms with Gasteiger partial charge in [-0.25, -0.2) is 4.98 Å². The predicted molar refractivity (Wildman–Crippen MR) is 93.5 cm³/mol. The third-order valence-electron chi connectivity index (χ3n) is 3.88. The SMILES string of the molecule is Cc1ncsc1CN(Cc1ccsc1)CC1CCNC1.Cl. The van der Waals surface area contributed by atoms with Gasteiger partial charge >= 0.3 is 0 Å². The van der Waals surface area contributed by atoms with Crippen molar-refractivity contribution >= 4 is 35.1 Å². The second kappa shape index (κ2) is 8.25. The van der Waals surface area contributed by atoms with Crippen molar-refractivity contribution in [1.82, 2.24) is 15.2 Å². The molecule has 0 bridgehead atoms. The lowest BCUT2D eigenvalue weighted by molar-refractivity contribution is 0.222. The maximum Gasteiger partial charge on any atom is 0.0798 e. The third kappa shape index (κ3) is 4.76. The number of halogens is 1. The Morgan fingerprint density at radius 3 is 2.95 bits per heavy atom. The Bertz CT molecular complexity index is 521. The van der Waals surface area contributed by atoms with Gasteiger partial charge in [0.05, 0.1) is 11.2 Å². The number of nitrogens with zero attached hydrogens (tertiary/aromatic N) is 2. The minimum atomic E-state index is 0. The molecule has 3 rings (SSSR count).